The number of hydrogen-bond acceptors (Lipinski definition) is 0. The van der Waals surface area contributed by atoms with Gasteiger partial charge in [0.1, 0.15) is 0 Å². The van der Waals surface area contributed by atoms with Crippen molar-refractivity contribution in [3.05, 3.63) is 0 Å². The summed E-state index contributed by atoms with van der Waals surface area (Å²) in [5.74, 6) is 0. The maximum absolute atomic E-state index is 6.42. The van der Waals surface area contributed by atoms with Crippen LogP contribution in [0.2, 0.25) is 12.1 Å². The summed E-state index contributed by atoms with van der Waals surface area (Å²) in [4.78, 5) is 0. The van der Waals surface area contributed by atoms with E-state index in [1.54, 1.807) is 0 Å². The van der Waals surface area contributed by atoms with Gasteiger partial charge in [-0.15, -0.1) is 33.2 Å². The molecule has 0 rings (SSSR count). The molecule has 0 radical (unpaired) electrons. The zero-order chi connectivity index (χ0) is 9.83. The molecule has 0 aliphatic rings. The zero-order valence-electron chi connectivity index (χ0n) is 7.34. The highest BCUT2D eigenvalue weighted by Gasteiger charge is 2.51. The van der Waals surface area contributed by atoms with Gasteiger partial charge in [-0.3, -0.25) is 0 Å². The number of halogens is 4. The Kier molecular flexibility index (Phi) is 6.20. The molecule has 0 atom stereocenters. The molecule has 12 heavy (non-hydrogen) atoms. The SMILES string of the molecule is CCC[Si](Cl)(CCC)[Si](Cl)(Cl)Cl. The van der Waals surface area contributed by atoms with Gasteiger partial charge in [-0.2, -0.15) is 11.1 Å². The fraction of sp³-hybridized carbons (Fsp3) is 1.00. The Labute approximate surface area is 95.1 Å². The van der Waals surface area contributed by atoms with Gasteiger partial charge in [0.15, 0.2) is 6.90 Å². The first-order valence-electron chi connectivity index (χ1n) is 4.13. The molecular weight excluding hydrogens is 270 g/mol. The average molecular weight is 284 g/mol. The summed E-state index contributed by atoms with van der Waals surface area (Å²) in [6, 6.07) is 1.87. The van der Waals surface area contributed by atoms with Crippen LogP contribution in [0.1, 0.15) is 26.7 Å². The maximum atomic E-state index is 6.42. The third-order valence-electron chi connectivity index (χ3n) is 1.80. The molecule has 0 saturated heterocycles. The topological polar surface area (TPSA) is 0 Å². The lowest BCUT2D eigenvalue weighted by atomic mass is 10.6. The van der Waals surface area contributed by atoms with Gasteiger partial charge in [-0.1, -0.05) is 26.7 Å². The van der Waals surface area contributed by atoms with Gasteiger partial charge >= 0.3 is 5.52 Å². The largest absolute Gasteiger partial charge is 0.341 e. The fourth-order valence-electron chi connectivity index (χ4n) is 1.20. The smallest absolute Gasteiger partial charge is 0.166 e. The molecule has 0 aliphatic heterocycles. The summed E-state index contributed by atoms with van der Waals surface area (Å²) in [5.41, 5.74) is -2.63. The van der Waals surface area contributed by atoms with Crippen LogP contribution in [0.3, 0.4) is 0 Å². The predicted octanol–water partition coefficient (Wildman–Crippen LogP) is 4.72. The lowest BCUT2D eigenvalue weighted by Gasteiger charge is -2.28. The molecule has 0 aromatic heterocycles. The first-order valence-corrected chi connectivity index (χ1v) is 13.6. The van der Waals surface area contributed by atoms with Crippen LogP contribution in [0.25, 0.3) is 0 Å². The molecule has 0 bridgehead atoms. The Morgan fingerprint density at radius 3 is 1.33 bits per heavy atom. The first-order chi connectivity index (χ1) is 5.37. The van der Waals surface area contributed by atoms with Crippen LogP contribution in [-0.2, 0) is 0 Å². The van der Waals surface area contributed by atoms with E-state index in [0.717, 1.165) is 24.9 Å². The molecule has 0 spiro atoms. The second-order valence-electron chi connectivity index (χ2n) is 2.96. The Morgan fingerprint density at radius 2 is 1.17 bits per heavy atom. The zero-order valence-corrected chi connectivity index (χ0v) is 12.4. The summed E-state index contributed by atoms with van der Waals surface area (Å²) in [6.07, 6.45) is 2.05. The van der Waals surface area contributed by atoms with Crippen molar-refractivity contribution in [1.29, 1.82) is 0 Å². The van der Waals surface area contributed by atoms with Gasteiger partial charge in [-0.05, 0) is 12.1 Å². The minimum atomic E-state index is -2.63. The van der Waals surface area contributed by atoms with Crippen molar-refractivity contribution in [1.82, 2.24) is 0 Å². The van der Waals surface area contributed by atoms with Crippen molar-refractivity contribution in [3.63, 3.8) is 0 Å². The summed E-state index contributed by atoms with van der Waals surface area (Å²) in [7, 11) is 0. The lowest BCUT2D eigenvalue weighted by Crippen LogP contribution is -2.47. The fourth-order valence-corrected chi connectivity index (χ4v) is 13.0. The van der Waals surface area contributed by atoms with Crippen LogP contribution in [0, 0.1) is 0 Å². The molecule has 0 nitrogen and oxygen atoms in total. The Morgan fingerprint density at radius 1 is 0.833 bits per heavy atom. The Bertz CT molecular complexity index is 128. The normalized spacial score (nSPS) is 13.5. The van der Waals surface area contributed by atoms with Crippen molar-refractivity contribution < 1.29 is 0 Å². The van der Waals surface area contributed by atoms with E-state index in [1.807, 2.05) is 0 Å². The first kappa shape index (κ1) is 13.6. The highest BCUT2D eigenvalue weighted by Crippen LogP contribution is 2.41. The van der Waals surface area contributed by atoms with Crippen LogP contribution < -0.4 is 0 Å². The van der Waals surface area contributed by atoms with E-state index < -0.39 is 12.4 Å². The van der Waals surface area contributed by atoms with Crippen LogP contribution in [0.15, 0.2) is 0 Å². The maximum Gasteiger partial charge on any atom is 0.341 e. The van der Waals surface area contributed by atoms with E-state index in [2.05, 4.69) is 13.8 Å². The molecule has 0 N–H and O–H groups in total. The van der Waals surface area contributed by atoms with Crippen molar-refractivity contribution in [3.8, 4) is 0 Å². The standard InChI is InChI=1S/C6H14Cl4Si2/c1-3-5-11(7,6-4-2)12(8,9)10/h3-6H2,1-2H3. The van der Waals surface area contributed by atoms with Crippen molar-refractivity contribution in [2.24, 2.45) is 0 Å². The number of rotatable bonds is 5. The molecule has 0 saturated carbocycles. The number of hydrogen-bond donors (Lipinski definition) is 0. The van der Waals surface area contributed by atoms with E-state index >= 15 is 0 Å². The monoisotopic (exact) mass is 282 g/mol. The Balaban J connectivity index is 4.38. The van der Waals surface area contributed by atoms with Crippen LogP contribution in [-0.4, -0.2) is 12.4 Å². The summed E-state index contributed by atoms with van der Waals surface area (Å²) >= 11 is 24.4. The van der Waals surface area contributed by atoms with Gasteiger partial charge < -0.3 is 0 Å². The molecule has 6 heteroatoms. The average Bonchev–Trinajstić information content (AvgIpc) is 1.86. The molecule has 0 heterocycles. The van der Waals surface area contributed by atoms with Crippen molar-refractivity contribution in [2.75, 3.05) is 0 Å². The second-order valence-corrected chi connectivity index (χ2v) is 24.8. The van der Waals surface area contributed by atoms with Gasteiger partial charge in [-0.25, -0.2) is 0 Å². The quantitative estimate of drug-likeness (QED) is 0.506. The summed E-state index contributed by atoms with van der Waals surface area (Å²) < 4.78 is 0. The third kappa shape index (κ3) is 3.76. The lowest BCUT2D eigenvalue weighted by molar-refractivity contribution is 1.01. The van der Waals surface area contributed by atoms with E-state index in [0.29, 0.717) is 0 Å². The van der Waals surface area contributed by atoms with Crippen LogP contribution in [0.5, 0.6) is 0 Å². The molecule has 0 unspecified atom stereocenters. The van der Waals surface area contributed by atoms with Crippen molar-refractivity contribution in [2.45, 2.75) is 38.8 Å². The molecule has 0 fully saturated rings. The predicted molar refractivity (Wildman–Crippen MR) is 65.1 cm³/mol. The molecule has 0 aliphatic carbocycles. The van der Waals surface area contributed by atoms with E-state index in [-0.39, 0.29) is 0 Å². The van der Waals surface area contributed by atoms with Gasteiger partial charge in [0.2, 0.25) is 0 Å². The van der Waals surface area contributed by atoms with E-state index in [1.165, 1.54) is 0 Å². The van der Waals surface area contributed by atoms with E-state index in [9.17, 15) is 0 Å². The third-order valence-corrected chi connectivity index (χ3v) is 26.0. The molecule has 0 aromatic carbocycles. The molecular formula is C6H14Cl4Si2. The highest BCUT2D eigenvalue weighted by molar-refractivity contribution is 7.95. The van der Waals surface area contributed by atoms with Crippen LogP contribution >= 0.6 is 44.3 Å². The Hall–Kier alpha value is 1.59. The summed E-state index contributed by atoms with van der Waals surface area (Å²) in [5, 5.41) is 0. The van der Waals surface area contributed by atoms with Gasteiger partial charge in [0, 0.05) is 0 Å². The minimum Gasteiger partial charge on any atom is -0.166 e. The van der Waals surface area contributed by atoms with Crippen molar-refractivity contribution >= 4 is 56.7 Å². The second kappa shape index (κ2) is 5.47. The highest BCUT2D eigenvalue weighted by atomic mass is 35.9. The summed E-state index contributed by atoms with van der Waals surface area (Å²) in [6.45, 7) is 2.13. The minimum absolute atomic E-state index is 0.936. The molecule has 0 aromatic rings. The van der Waals surface area contributed by atoms with Crippen LogP contribution in [0.4, 0.5) is 0 Å². The molecule has 0 amide bonds. The van der Waals surface area contributed by atoms with Gasteiger partial charge in [0.25, 0.3) is 0 Å². The van der Waals surface area contributed by atoms with Gasteiger partial charge in [0.05, 0.1) is 0 Å². The molecule has 74 valence electrons. The van der Waals surface area contributed by atoms with E-state index in [4.69, 9.17) is 44.3 Å².